The molecule has 1 heterocycles. The Kier molecular flexibility index (Phi) is 5.06. The van der Waals surface area contributed by atoms with Gasteiger partial charge < -0.3 is 10.4 Å². The van der Waals surface area contributed by atoms with Crippen LogP contribution in [-0.4, -0.2) is 28.6 Å². The molecule has 0 spiro atoms. The summed E-state index contributed by atoms with van der Waals surface area (Å²) in [5.74, 6) is -0.362. The van der Waals surface area contributed by atoms with Gasteiger partial charge in [-0.25, -0.2) is 4.98 Å². The van der Waals surface area contributed by atoms with Crippen LogP contribution in [-0.2, 0) is 6.18 Å². The highest BCUT2D eigenvalue weighted by atomic mass is 32.1. The second kappa shape index (κ2) is 6.67. The summed E-state index contributed by atoms with van der Waals surface area (Å²) in [6.07, 6.45) is -5.05. The Morgan fingerprint density at radius 1 is 1.35 bits per heavy atom. The number of carbonyl (C=O) groups is 1. The van der Waals surface area contributed by atoms with Gasteiger partial charge in [-0.05, 0) is 26.0 Å². The van der Waals surface area contributed by atoms with Crippen molar-refractivity contribution in [2.24, 2.45) is 0 Å². The lowest BCUT2D eigenvalue weighted by Gasteiger charge is -2.06. The minimum Gasteiger partial charge on any atom is -0.392 e. The van der Waals surface area contributed by atoms with Gasteiger partial charge in [0.1, 0.15) is 9.88 Å². The summed E-state index contributed by atoms with van der Waals surface area (Å²) in [6.45, 7) is 3.32. The Bertz CT molecular complexity index is 694. The van der Waals surface area contributed by atoms with E-state index in [4.69, 9.17) is 0 Å². The quantitative estimate of drug-likeness (QED) is 0.895. The zero-order valence-corrected chi connectivity index (χ0v) is 13.3. The highest BCUT2D eigenvalue weighted by molar-refractivity contribution is 7.17. The van der Waals surface area contributed by atoms with Crippen LogP contribution in [0.5, 0.6) is 0 Å². The number of rotatable bonds is 4. The fraction of sp³-hybridized carbons (Fsp3) is 0.333. The van der Waals surface area contributed by atoms with Gasteiger partial charge in [0.15, 0.2) is 0 Å². The number of nitrogens with one attached hydrogen (secondary N) is 1. The number of aliphatic hydroxyl groups excluding tert-OH is 1. The van der Waals surface area contributed by atoms with Gasteiger partial charge in [-0.2, -0.15) is 13.2 Å². The van der Waals surface area contributed by atoms with Gasteiger partial charge in [0, 0.05) is 12.1 Å². The molecule has 8 heteroatoms. The molecule has 0 aliphatic rings. The van der Waals surface area contributed by atoms with Gasteiger partial charge in [-0.15, -0.1) is 11.3 Å². The first-order chi connectivity index (χ1) is 10.7. The lowest BCUT2D eigenvalue weighted by Crippen LogP contribution is -2.30. The normalized spacial score (nSPS) is 13.0. The number of benzene rings is 1. The van der Waals surface area contributed by atoms with E-state index in [-0.39, 0.29) is 12.5 Å². The molecule has 124 valence electrons. The third-order valence-corrected chi connectivity index (χ3v) is 4.23. The van der Waals surface area contributed by atoms with Crippen LogP contribution < -0.4 is 5.32 Å². The molecule has 1 aromatic heterocycles. The minimum atomic E-state index is -4.39. The third-order valence-electron chi connectivity index (χ3n) is 3.02. The molecule has 23 heavy (non-hydrogen) atoms. The van der Waals surface area contributed by atoms with Gasteiger partial charge in [0.05, 0.1) is 17.4 Å². The molecule has 0 aliphatic heterocycles. The van der Waals surface area contributed by atoms with Crippen molar-refractivity contribution in [1.29, 1.82) is 0 Å². The van der Waals surface area contributed by atoms with Crippen molar-refractivity contribution in [2.75, 3.05) is 6.54 Å². The number of thiazole rings is 1. The first-order valence-corrected chi connectivity index (χ1v) is 7.61. The largest absolute Gasteiger partial charge is 0.416 e. The van der Waals surface area contributed by atoms with Crippen LogP contribution in [0.1, 0.15) is 27.9 Å². The molecule has 2 N–H and O–H groups in total. The van der Waals surface area contributed by atoms with E-state index in [1.165, 1.54) is 12.1 Å². The number of aliphatic hydroxyl groups is 1. The molecule has 0 aliphatic carbocycles. The van der Waals surface area contributed by atoms with Crippen molar-refractivity contribution < 1.29 is 23.1 Å². The van der Waals surface area contributed by atoms with E-state index in [1.807, 2.05) is 0 Å². The average molecular weight is 344 g/mol. The van der Waals surface area contributed by atoms with Crippen LogP contribution in [0.2, 0.25) is 0 Å². The van der Waals surface area contributed by atoms with Crippen LogP contribution in [0.15, 0.2) is 24.3 Å². The number of hydrogen-bond donors (Lipinski definition) is 2. The molecule has 0 saturated carbocycles. The molecule has 2 aromatic rings. The molecule has 0 fully saturated rings. The van der Waals surface area contributed by atoms with E-state index >= 15 is 0 Å². The highest BCUT2D eigenvalue weighted by Crippen LogP contribution is 2.32. The van der Waals surface area contributed by atoms with E-state index in [2.05, 4.69) is 10.3 Å². The molecule has 0 bridgehead atoms. The average Bonchev–Trinajstić information content (AvgIpc) is 2.86. The summed E-state index contributed by atoms with van der Waals surface area (Å²) >= 11 is 1.10. The summed E-state index contributed by atoms with van der Waals surface area (Å²) in [6, 6.07) is 4.63. The number of alkyl halides is 3. The van der Waals surface area contributed by atoms with E-state index in [9.17, 15) is 23.1 Å². The fourth-order valence-electron chi connectivity index (χ4n) is 1.85. The lowest BCUT2D eigenvalue weighted by molar-refractivity contribution is -0.137. The first-order valence-electron chi connectivity index (χ1n) is 6.80. The van der Waals surface area contributed by atoms with Crippen molar-refractivity contribution in [3.8, 4) is 10.6 Å². The first kappa shape index (κ1) is 17.4. The van der Waals surface area contributed by atoms with Crippen LogP contribution in [0.4, 0.5) is 13.2 Å². The molecule has 0 saturated heterocycles. The summed E-state index contributed by atoms with van der Waals surface area (Å²) in [5, 5.41) is 12.2. The summed E-state index contributed by atoms with van der Waals surface area (Å²) in [7, 11) is 0. The predicted molar refractivity (Wildman–Crippen MR) is 81.3 cm³/mol. The fourth-order valence-corrected chi connectivity index (χ4v) is 2.84. The van der Waals surface area contributed by atoms with Crippen LogP contribution in [0, 0.1) is 6.92 Å². The maximum Gasteiger partial charge on any atom is 0.416 e. The van der Waals surface area contributed by atoms with Crippen molar-refractivity contribution in [3.63, 3.8) is 0 Å². The van der Waals surface area contributed by atoms with Crippen molar-refractivity contribution in [2.45, 2.75) is 26.1 Å². The molecular formula is C15H15F3N2O2S. The lowest BCUT2D eigenvalue weighted by atomic mass is 10.1. The monoisotopic (exact) mass is 344 g/mol. The van der Waals surface area contributed by atoms with Crippen LogP contribution in [0.25, 0.3) is 10.6 Å². The summed E-state index contributed by atoms with van der Waals surface area (Å²) < 4.78 is 37.7. The molecule has 1 aromatic carbocycles. The van der Waals surface area contributed by atoms with Gasteiger partial charge in [0.25, 0.3) is 5.91 Å². The maximum absolute atomic E-state index is 12.6. The topological polar surface area (TPSA) is 62.2 Å². The van der Waals surface area contributed by atoms with Gasteiger partial charge in [0.2, 0.25) is 0 Å². The Labute approximate surface area is 135 Å². The predicted octanol–water partition coefficient (Wildman–Crippen LogP) is 3.25. The summed E-state index contributed by atoms with van der Waals surface area (Å²) in [5.41, 5.74) is 0.276. The molecule has 0 radical (unpaired) electrons. The van der Waals surface area contributed by atoms with E-state index in [1.54, 1.807) is 13.8 Å². The molecule has 0 unspecified atom stereocenters. The van der Waals surface area contributed by atoms with Gasteiger partial charge >= 0.3 is 6.18 Å². The molecule has 1 amide bonds. The number of halogens is 3. The number of carbonyl (C=O) groups excluding carboxylic acids is 1. The molecule has 4 nitrogen and oxygen atoms in total. The van der Waals surface area contributed by atoms with Gasteiger partial charge in [-0.3, -0.25) is 4.79 Å². The smallest absolute Gasteiger partial charge is 0.392 e. The second-order valence-electron chi connectivity index (χ2n) is 5.07. The number of aryl methyl sites for hydroxylation is 1. The summed E-state index contributed by atoms with van der Waals surface area (Å²) in [4.78, 5) is 16.6. The maximum atomic E-state index is 12.6. The zero-order chi connectivity index (χ0) is 17.2. The standard InChI is InChI=1S/C15H15F3N2O2S/c1-8(21)7-19-13(22)12-9(2)20-14(23-12)10-3-5-11(6-4-10)15(16,17)18/h3-6,8,21H,7H2,1-2H3,(H,19,22)/t8-/m0/s1. The van der Waals surface area contributed by atoms with Crippen LogP contribution in [0.3, 0.4) is 0 Å². The van der Waals surface area contributed by atoms with Crippen molar-refractivity contribution in [3.05, 3.63) is 40.4 Å². The number of amides is 1. The molecule has 1 atom stereocenters. The zero-order valence-electron chi connectivity index (χ0n) is 12.4. The van der Waals surface area contributed by atoms with Crippen molar-refractivity contribution in [1.82, 2.24) is 10.3 Å². The van der Waals surface area contributed by atoms with E-state index in [0.29, 0.717) is 21.1 Å². The third kappa shape index (κ3) is 4.29. The van der Waals surface area contributed by atoms with Crippen LogP contribution >= 0.6 is 11.3 Å². The molecular weight excluding hydrogens is 329 g/mol. The van der Waals surface area contributed by atoms with E-state index in [0.717, 1.165) is 23.5 Å². The minimum absolute atomic E-state index is 0.117. The SMILES string of the molecule is Cc1nc(-c2ccc(C(F)(F)F)cc2)sc1C(=O)NC[C@H](C)O. The van der Waals surface area contributed by atoms with Gasteiger partial charge in [-0.1, -0.05) is 12.1 Å². The highest BCUT2D eigenvalue weighted by Gasteiger charge is 2.30. The molecule has 2 rings (SSSR count). The Morgan fingerprint density at radius 2 is 1.96 bits per heavy atom. The Hall–Kier alpha value is -1.93. The Balaban J connectivity index is 2.22. The van der Waals surface area contributed by atoms with E-state index < -0.39 is 17.8 Å². The number of nitrogens with zero attached hydrogens (tertiary/aromatic N) is 1. The number of aromatic nitrogens is 1. The number of hydrogen-bond acceptors (Lipinski definition) is 4. The van der Waals surface area contributed by atoms with Crippen molar-refractivity contribution >= 4 is 17.2 Å². The Morgan fingerprint density at radius 3 is 2.48 bits per heavy atom. The second-order valence-corrected chi connectivity index (χ2v) is 6.07.